The zero-order chi connectivity index (χ0) is 28.3. The third-order valence-electron chi connectivity index (χ3n) is 4.40. The van der Waals surface area contributed by atoms with Crippen LogP contribution in [0, 0.1) is 0 Å². The second-order valence-electron chi connectivity index (χ2n) is 7.00. The smallest absolute Gasteiger partial charge is 0.432 e. The Morgan fingerprint density at radius 3 is 1.30 bits per heavy atom. The van der Waals surface area contributed by atoms with Crippen molar-refractivity contribution in [2.24, 2.45) is 0 Å². The van der Waals surface area contributed by atoms with Gasteiger partial charge in [-0.15, -0.1) is 0 Å². The van der Waals surface area contributed by atoms with E-state index in [2.05, 4.69) is 19.1 Å². The highest BCUT2D eigenvalue weighted by Gasteiger charge is 2.49. The molecule has 0 unspecified atom stereocenters. The van der Waals surface area contributed by atoms with E-state index in [0.717, 1.165) is 0 Å². The predicted octanol–water partition coefficient (Wildman–Crippen LogP) is -3.43. The molecule has 4 amide bonds. The number of amides is 4. The molecule has 2 saturated heterocycles. The summed E-state index contributed by atoms with van der Waals surface area (Å²) in [6.45, 7) is -1.81. The van der Waals surface area contributed by atoms with Crippen molar-refractivity contribution >= 4 is 66.0 Å². The standard InChI is InChI=1S/C14H16N2O18S3/c17-9-5-7(36(25,26)27)11(19)15(9)33-13(21)31-1-3-35(23,24)4-2-32-14(22)34-16-10(18)6-8(12(16)20)37(28,29)30/h7-8H,1-6H2,(H,25,26,27)(H,28,29,30)/t7-,8-/m0/s1. The van der Waals surface area contributed by atoms with Crippen molar-refractivity contribution in [2.75, 3.05) is 24.7 Å². The maximum Gasteiger partial charge on any atom is 0.533 e. The number of imide groups is 2. The van der Waals surface area contributed by atoms with Gasteiger partial charge in [-0.05, 0) is 0 Å². The van der Waals surface area contributed by atoms with Crippen molar-refractivity contribution in [1.82, 2.24) is 10.1 Å². The van der Waals surface area contributed by atoms with Crippen LogP contribution in [0.2, 0.25) is 0 Å². The first-order valence-corrected chi connectivity index (χ1v) is 14.2. The molecular weight excluding hydrogens is 580 g/mol. The molecule has 0 spiro atoms. The maximum absolute atomic E-state index is 11.9. The molecule has 2 rings (SSSR count). The predicted molar refractivity (Wildman–Crippen MR) is 107 cm³/mol. The van der Waals surface area contributed by atoms with Crippen LogP contribution < -0.4 is 0 Å². The molecule has 0 aromatic rings. The third kappa shape index (κ3) is 7.78. The normalized spacial score (nSPS) is 20.8. The number of carbonyl (C=O) groups excluding carboxylic acids is 6. The summed E-state index contributed by atoms with van der Waals surface area (Å²) in [6.07, 6.45) is -5.56. The molecule has 2 aliphatic rings. The van der Waals surface area contributed by atoms with E-state index in [1.807, 2.05) is 0 Å². The van der Waals surface area contributed by atoms with Crippen LogP contribution in [0.1, 0.15) is 12.8 Å². The van der Waals surface area contributed by atoms with Gasteiger partial charge < -0.3 is 9.47 Å². The van der Waals surface area contributed by atoms with Gasteiger partial charge in [0.15, 0.2) is 20.3 Å². The summed E-state index contributed by atoms with van der Waals surface area (Å²) >= 11 is 0. The Bertz CT molecular complexity index is 1240. The first kappa shape index (κ1) is 29.8. The van der Waals surface area contributed by atoms with Crippen LogP contribution in [-0.2, 0) is 68.4 Å². The molecule has 20 nitrogen and oxygen atoms in total. The molecule has 0 aromatic heterocycles. The second-order valence-corrected chi connectivity index (χ2v) is 12.5. The van der Waals surface area contributed by atoms with Crippen LogP contribution >= 0.6 is 0 Å². The number of hydrogen-bond acceptors (Lipinski definition) is 16. The van der Waals surface area contributed by atoms with E-state index in [1.54, 1.807) is 0 Å². The number of sulfone groups is 1. The molecule has 37 heavy (non-hydrogen) atoms. The fourth-order valence-electron chi connectivity index (χ4n) is 2.63. The van der Waals surface area contributed by atoms with Crippen LogP contribution in [-0.4, -0.2) is 116 Å². The summed E-state index contributed by atoms with van der Waals surface area (Å²) in [6, 6.07) is 0. The minimum absolute atomic E-state index is 0.275. The summed E-state index contributed by atoms with van der Waals surface area (Å²) in [5.41, 5.74) is 0. The van der Waals surface area contributed by atoms with E-state index in [-0.39, 0.29) is 10.1 Å². The van der Waals surface area contributed by atoms with E-state index in [4.69, 9.17) is 9.11 Å². The van der Waals surface area contributed by atoms with E-state index in [1.165, 1.54) is 0 Å². The van der Waals surface area contributed by atoms with Gasteiger partial charge in [0.25, 0.3) is 43.9 Å². The minimum Gasteiger partial charge on any atom is -0.432 e. The zero-order valence-electron chi connectivity index (χ0n) is 17.9. The van der Waals surface area contributed by atoms with Gasteiger partial charge in [0.2, 0.25) is 0 Å². The molecule has 0 bridgehead atoms. The van der Waals surface area contributed by atoms with Crippen LogP contribution in [0.15, 0.2) is 0 Å². The van der Waals surface area contributed by atoms with Crippen molar-refractivity contribution in [3.05, 3.63) is 0 Å². The summed E-state index contributed by atoms with van der Waals surface area (Å²) in [5, 5.41) is -4.93. The van der Waals surface area contributed by atoms with Gasteiger partial charge in [0.1, 0.15) is 13.2 Å². The Labute approximate surface area is 206 Å². The van der Waals surface area contributed by atoms with Gasteiger partial charge in [0.05, 0.1) is 24.3 Å². The molecule has 2 fully saturated rings. The maximum atomic E-state index is 11.9. The summed E-state index contributed by atoms with van der Waals surface area (Å²) in [5.74, 6) is -7.57. The lowest BCUT2D eigenvalue weighted by Gasteiger charge is -2.13. The Hall–Kier alpha value is -3.41. The van der Waals surface area contributed by atoms with Crippen LogP contribution in [0.25, 0.3) is 0 Å². The fourth-order valence-corrected chi connectivity index (χ4v) is 4.92. The Balaban J connectivity index is 1.74. The molecule has 2 heterocycles. The average molecular weight is 596 g/mol. The van der Waals surface area contributed by atoms with Gasteiger partial charge in [0, 0.05) is 0 Å². The molecule has 208 valence electrons. The topological polar surface area (TPSA) is 289 Å². The van der Waals surface area contributed by atoms with E-state index in [0.29, 0.717) is 0 Å². The highest BCUT2D eigenvalue weighted by Crippen LogP contribution is 2.21. The molecule has 0 aromatic carbocycles. The van der Waals surface area contributed by atoms with Crippen molar-refractivity contribution in [3.8, 4) is 0 Å². The second kappa shape index (κ2) is 10.9. The number of hydrogen-bond donors (Lipinski definition) is 2. The van der Waals surface area contributed by atoms with Crippen molar-refractivity contribution in [2.45, 2.75) is 23.3 Å². The summed E-state index contributed by atoms with van der Waals surface area (Å²) in [7, 11) is -14.0. The van der Waals surface area contributed by atoms with Crippen molar-refractivity contribution < 1.29 is 82.3 Å². The van der Waals surface area contributed by atoms with E-state index >= 15 is 0 Å². The minimum atomic E-state index is -4.96. The lowest BCUT2D eigenvalue weighted by molar-refractivity contribution is -0.177. The van der Waals surface area contributed by atoms with Gasteiger partial charge in [-0.3, -0.25) is 38.0 Å². The number of hydroxylamine groups is 4. The van der Waals surface area contributed by atoms with Gasteiger partial charge in [-0.1, -0.05) is 10.1 Å². The molecule has 23 heteroatoms. The SMILES string of the molecule is O=C(OCCS(=O)(=O)CCOC(=O)ON1C(=O)C[C@H](S(=O)(=O)O)C1=O)ON1C(=O)C[C@H](S(=O)(=O)O)C1=O. The quantitative estimate of drug-likeness (QED) is 0.141. The number of nitrogens with zero attached hydrogens (tertiary/aromatic N) is 2. The van der Waals surface area contributed by atoms with Crippen LogP contribution in [0.5, 0.6) is 0 Å². The molecule has 0 saturated carbocycles. The molecule has 0 radical (unpaired) electrons. The number of rotatable bonds is 10. The van der Waals surface area contributed by atoms with Gasteiger partial charge >= 0.3 is 12.3 Å². The van der Waals surface area contributed by atoms with Crippen LogP contribution in [0.3, 0.4) is 0 Å². The summed E-state index contributed by atoms with van der Waals surface area (Å²) in [4.78, 5) is 78.0. The number of ether oxygens (including phenoxy) is 2. The lowest BCUT2D eigenvalue weighted by Crippen LogP contribution is -2.37. The van der Waals surface area contributed by atoms with E-state index < -0.39 is 114 Å². The Morgan fingerprint density at radius 1 is 0.703 bits per heavy atom. The Morgan fingerprint density at radius 2 is 1.03 bits per heavy atom. The average Bonchev–Trinajstić information content (AvgIpc) is 3.18. The Kier molecular flexibility index (Phi) is 8.79. The number of carbonyl (C=O) groups is 6. The van der Waals surface area contributed by atoms with Crippen molar-refractivity contribution in [1.29, 1.82) is 0 Å². The highest BCUT2D eigenvalue weighted by atomic mass is 32.2. The molecule has 2 N–H and O–H groups in total. The monoisotopic (exact) mass is 596 g/mol. The van der Waals surface area contributed by atoms with Crippen molar-refractivity contribution in [3.63, 3.8) is 0 Å². The van der Waals surface area contributed by atoms with E-state index in [9.17, 15) is 54.0 Å². The molecule has 0 aliphatic carbocycles. The lowest BCUT2D eigenvalue weighted by atomic mass is 10.4. The third-order valence-corrected chi connectivity index (χ3v) is 8.16. The zero-order valence-corrected chi connectivity index (χ0v) is 20.4. The highest BCUT2D eigenvalue weighted by molar-refractivity contribution is 7.91. The summed E-state index contributed by atoms with van der Waals surface area (Å²) < 4.78 is 94.3. The molecular formula is C14H16N2O18S3. The van der Waals surface area contributed by atoms with Gasteiger partial charge in [-0.2, -0.15) is 16.8 Å². The first-order valence-electron chi connectivity index (χ1n) is 9.39. The van der Waals surface area contributed by atoms with Crippen LogP contribution in [0.4, 0.5) is 9.59 Å². The first-order chi connectivity index (χ1) is 16.8. The molecule has 2 aliphatic heterocycles. The largest absolute Gasteiger partial charge is 0.533 e. The molecule has 2 atom stereocenters. The fraction of sp³-hybridized carbons (Fsp3) is 0.571. The van der Waals surface area contributed by atoms with Gasteiger partial charge in [-0.25, -0.2) is 18.0 Å².